The molecule has 2 fully saturated rings. The Hall–Kier alpha value is -0.710. The van der Waals surface area contributed by atoms with Crippen molar-refractivity contribution in [1.29, 1.82) is 0 Å². The van der Waals surface area contributed by atoms with Gasteiger partial charge in [0, 0.05) is 23.5 Å². The summed E-state index contributed by atoms with van der Waals surface area (Å²) in [5.41, 5.74) is 7.60. The quantitative estimate of drug-likeness (QED) is 0.931. The van der Waals surface area contributed by atoms with E-state index in [0.29, 0.717) is 5.92 Å². The Morgan fingerprint density at radius 3 is 2.95 bits per heavy atom. The van der Waals surface area contributed by atoms with E-state index in [1.165, 1.54) is 5.75 Å². The van der Waals surface area contributed by atoms with Crippen molar-refractivity contribution in [3.05, 3.63) is 29.8 Å². The minimum absolute atomic E-state index is 0.0657. The van der Waals surface area contributed by atoms with Crippen molar-refractivity contribution in [2.24, 2.45) is 11.7 Å². The Labute approximate surface area is 131 Å². The van der Waals surface area contributed by atoms with Gasteiger partial charge in [0.15, 0.2) is 0 Å². The number of benzene rings is 1. The molecule has 116 valence electrons. The van der Waals surface area contributed by atoms with Gasteiger partial charge in [0.05, 0.1) is 12.7 Å². The van der Waals surface area contributed by atoms with Crippen LogP contribution >= 0.6 is 11.8 Å². The van der Waals surface area contributed by atoms with Gasteiger partial charge in [-0.15, -0.1) is 0 Å². The first-order chi connectivity index (χ1) is 10.1. The number of thioether (sulfide) groups is 1. The molecule has 2 N–H and O–H groups in total. The molecule has 0 amide bonds. The molecular formula is C17H25NO2S. The summed E-state index contributed by atoms with van der Waals surface area (Å²) in [5.74, 6) is 3.65. The van der Waals surface area contributed by atoms with Gasteiger partial charge >= 0.3 is 0 Å². The first-order valence-electron chi connectivity index (χ1n) is 7.71. The van der Waals surface area contributed by atoms with E-state index < -0.39 is 0 Å². The van der Waals surface area contributed by atoms with Crippen LogP contribution in [0.4, 0.5) is 0 Å². The number of ether oxygens (including phenoxy) is 2. The van der Waals surface area contributed by atoms with Crippen LogP contribution in [-0.2, 0) is 10.3 Å². The fourth-order valence-electron chi connectivity index (χ4n) is 3.71. The van der Waals surface area contributed by atoms with Crippen LogP contribution in [0.15, 0.2) is 24.3 Å². The molecule has 3 nitrogen and oxygen atoms in total. The van der Waals surface area contributed by atoms with Gasteiger partial charge in [-0.05, 0) is 43.9 Å². The minimum atomic E-state index is -0.378. The third-order valence-corrected chi connectivity index (χ3v) is 6.32. The van der Waals surface area contributed by atoms with Crippen molar-refractivity contribution in [3.63, 3.8) is 0 Å². The van der Waals surface area contributed by atoms with E-state index in [0.717, 1.165) is 42.9 Å². The molecule has 0 aromatic heterocycles. The van der Waals surface area contributed by atoms with E-state index in [1.807, 2.05) is 30.0 Å². The molecule has 2 aliphatic heterocycles. The SMILES string of the molecule is COc1ccccc1C(C)(N)C1CCOC2(CCSC2)C1. The number of hydrogen-bond donors (Lipinski definition) is 1. The van der Waals surface area contributed by atoms with Gasteiger partial charge in [-0.25, -0.2) is 0 Å². The number of nitrogens with two attached hydrogens (primary N) is 1. The Morgan fingerprint density at radius 2 is 2.24 bits per heavy atom. The van der Waals surface area contributed by atoms with E-state index in [1.54, 1.807) is 7.11 Å². The fourth-order valence-corrected chi connectivity index (χ4v) is 5.09. The van der Waals surface area contributed by atoms with Gasteiger partial charge in [-0.3, -0.25) is 0 Å². The molecular weight excluding hydrogens is 282 g/mol. The van der Waals surface area contributed by atoms with Crippen LogP contribution in [0.5, 0.6) is 5.75 Å². The molecule has 1 aromatic carbocycles. The van der Waals surface area contributed by atoms with Crippen molar-refractivity contribution in [1.82, 2.24) is 0 Å². The van der Waals surface area contributed by atoms with E-state index in [4.69, 9.17) is 15.2 Å². The van der Waals surface area contributed by atoms with Crippen LogP contribution in [0.2, 0.25) is 0 Å². The summed E-state index contributed by atoms with van der Waals surface area (Å²) < 4.78 is 11.7. The summed E-state index contributed by atoms with van der Waals surface area (Å²) in [7, 11) is 1.72. The van der Waals surface area contributed by atoms with Crippen LogP contribution in [-0.4, -0.2) is 30.8 Å². The maximum Gasteiger partial charge on any atom is 0.123 e. The molecule has 1 aromatic rings. The van der Waals surface area contributed by atoms with E-state index >= 15 is 0 Å². The topological polar surface area (TPSA) is 44.5 Å². The zero-order valence-electron chi connectivity index (χ0n) is 12.9. The van der Waals surface area contributed by atoms with Gasteiger partial charge in [-0.1, -0.05) is 18.2 Å². The molecule has 0 aliphatic carbocycles. The molecule has 2 aliphatic rings. The number of hydrogen-bond acceptors (Lipinski definition) is 4. The molecule has 3 rings (SSSR count). The Morgan fingerprint density at radius 1 is 1.43 bits per heavy atom. The van der Waals surface area contributed by atoms with Gasteiger partial charge in [0.25, 0.3) is 0 Å². The lowest BCUT2D eigenvalue weighted by molar-refractivity contribution is -0.0918. The highest BCUT2D eigenvalue weighted by atomic mass is 32.2. The van der Waals surface area contributed by atoms with E-state index in [9.17, 15) is 0 Å². The largest absolute Gasteiger partial charge is 0.496 e. The molecule has 2 heterocycles. The van der Waals surface area contributed by atoms with E-state index in [2.05, 4.69) is 13.0 Å². The van der Waals surface area contributed by atoms with Gasteiger partial charge < -0.3 is 15.2 Å². The number of rotatable bonds is 3. The van der Waals surface area contributed by atoms with Crippen LogP contribution in [0.1, 0.15) is 31.7 Å². The molecule has 1 spiro atoms. The molecule has 3 atom stereocenters. The first-order valence-corrected chi connectivity index (χ1v) is 8.87. The maximum absolute atomic E-state index is 6.80. The molecule has 21 heavy (non-hydrogen) atoms. The summed E-state index contributed by atoms with van der Waals surface area (Å²) in [6, 6.07) is 8.15. The number of para-hydroxylation sites is 1. The third kappa shape index (κ3) is 2.81. The van der Waals surface area contributed by atoms with Gasteiger partial charge in [0.1, 0.15) is 5.75 Å². The second-order valence-corrected chi connectivity index (χ2v) is 7.61. The summed E-state index contributed by atoms with van der Waals surface area (Å²) in [5, 5.41) is 0. The minimum Gasteiger partial charge on any atom is -0.496 e. The molecule has 0 bridgehead atoms. The van der Waals surface area contributed by atoms with Crippen LogP contribution in [0, 0.1) is 5.92 Å². The Bertz CT molecular complexity index is 497. The maximum atomic E-state index is 6.80. The highest BCUT2D eigenvalue weighted by Gasteiger charge is 2.46. The molecule has 2 saturated heterocycles. The van der Waals surface area contributed by atoms with Crippen LogP contribution < -0.4 is 10.5 Å². The average Bonchev–Trinajstić information content (AvgIpc) is 2.95. The lowest BCUT2D eigenvalue weighted by Gasteiger charge is -2.44. The molecule has 4 heteroatoms. The first kappa shape index (κ1) is 15.2. The zero-order valence-corrected chi connectivity index (χ0v) is 13.7. The lowest BCUT2D eigenvalue weighted by atomic mass is 9.71. The Kier molecular flexibility index (Phi) is 4.21. The van der Waals surface area contributed by atoms with Gasteiger partial charge in [-0.2, -0.15) is 11.8 Å². The van der Waals surface area contributed by atoms with Crippen molar-refractivity contribution in [2.45, 2.75) is 37.3 Å². The molecule has 0 saturated carbocycles. The second kappa shape index (κ2) is 5.82. The monoisotopic (exact) mass is 307 g/mol. The predicted molar refractivity (Wildman–Crippen MR) is 87.9 cm³/mol. The zero-order chi connectivity index (χ0) is 14.9. The standard InChI is InChI=1S/C17H25NO2S/c1-16(18,14-5-3-4-6-15(14)19-2)13-7-9-20-17(11-13)8-10-21-12-17/h3-6,13H,7-12,18H2,1-2H3. The predicted octanol–water partition coefficient (Wildman–Crippen LogP) is 3.17. The molecule has 0 radical (unpaired) electrons. The summed E-state index contributed by atoms with van der Waals surface area (Å²) in [4.78, 5) is 0. The van der Waals surface area contributed by atoms with Gasteiger partial charge in [0.2, 0.25) is 0 Å². The van der Waals surface area contributed by atoms with Crippen molar-refractivity contribution in [3.8, 4) is 5.75 Å². The second-order valence-electron chi connectivity index (χ2n) is 6.51. The van der Waals surface area contributed by atoms with Crippen molar-refractivity contribution < 1.29 is 9.47 Å². The summed E-state index contributed by atoms with van der Waals surface area (Å²) >= 11 is 2.01. The normalized spacial score (nSPS) is 32.0. The van der Waals surface area contributed by atoms with Crippen LogP contribution in [0.25, 0.3) is 0 Å². The smallest absolute Gasteiger partial charge is 0.123 e. The lowest BCUT2D eigenvalue weighted by Crippen LogP contribution is -2.50. The highest BCUT2D eigenvalue weighted by molar-refractivity contribution is 7.99. The third-order valence-electron chi connectivity index (χ3n) is 5.10. The fraction of sp³-hybridized carbons (Fsp3) is 0.647. The van der Waals surface area contributed by atoms with Crippen LogP contribution in [0.3, 0.4) is 0 Å². The molecule has 3 unspecified atom stereocenters. The van der Waals surface area contributed by atoms with Crippen molar-refractivity contribution in [2.75, 3.05) is 25.2 Å². The summed E-state index contributed by atoms with van der Waals surface area (Å²) in [6.07, 6.45) is 3.25. The Balaban J connectivity index is 1.86. The highest BCUT2D eigenvalue weighted by Crippen LogP contribution is 2.46. The average molecular weight is 307 g/mol. The summed E-state index contributed by atoms with van der Waals surface area (Å²) in [6.45, 7) is 2.98. The number of methoxy groups -OCH3 is 1. The van der Waals surface area contributed by atoms with Crippen molar-refractivity contribution >= 4 is 11.8 Å². The van der Waals surface area contributed by atoms with E-state index in [-0.39, 0.29) is 11.1 Å².